The van der Waals surface area contributed by atoms with Gasteiger partial charge in [-0.1, -0.05) is 29.3 Å². The standard InChI is InChI=1S/C22H28Cl2N4O2/c23-19-2-1-3-20(21(19)24)27-12-10-26(11-13-27)9-8-16-4-6-18(7-5-16)28-15-17(14-25-28)22(29)30/h1-3,14-16,18H,4-13H2,(H,29,30). The minimum Gasteiger partial charge on any atom is -0.478 e. The van der Waals surface area contributed by atoms with Crippen molar-refractivity contribution in [1.29, 1.82) is 0 Å². The van der Waals surface area contributed by atoms with E-state index >= 15 is 0 Å². The molecule has 0 bridgehead atoms. The van der Waals surface area contributed by atoms with Crippen molar-refractivity contribution in [2.75, 3.05) is 37.6 Å². The van der Waals surface area contributed by atoms with Gasteiger partial charge >= 0.3 is 5.97 Å². The molecule has 1 N–H and O–H groups in total. The van der Waals surface area contributed by atoms with E-state index in [4.69, 9.17) is 28.3 Å². The molecule has 0 radical (unpaired) electrons. The second kappa shape index (κ2) is 9.58. The minimum absolute atomic E-state index is 0.273. The number of hydrogen-bond acceptors (Lipinski definition) is 4. The van der Waals surface area contributed by atoms with Gasteiger partial charge in [-0.3, -0.25) is 9.58 Å². The summed E-state index contributed by atoms with van der Waals surface area (Å²) in [5.74, 6) is -0.163. The molecule has 1 saturated carbocycles. The number of carboxylic acid groups (broad SMARTS) is 1. The smallest absolute Gasteiger partial charge is 0.338 e. The van der Waals surface area contributed by atoms with Crippen LogP contribution in [0.4, 0.5) is 5.69 Å². The van der Waals surface area contributed by atoms with Crippen molar-refractivity contribution in [3.63, 3.8) is 0 Å². The number of carbonyl (C=O) groups is 1. The third kappa shape index (κ3) is 4.93. The number of anilines is 1. The van der Waals surface area contributed by atoms with E-state index in [1.807, 2.05) is 22.9 Å². The van der Waals surface area contributed by atoms with Crippen LogP contribution in [0.3, 0.4) is 0 Å². The second-order valence-corrected chi connectivity index (χ2v) is 9.16. The zero-order chi connectivity index (χ0) is 21.1. The number of halogens is 2. The zero-order valence-electron chi connectivity index (χ0n) is 17.0. The molecule has 0 amide bonds. The molecule has 1 aliphatic carbocycles. The Morgan fingerprint density at radius 1 is 1.10 bits per heavy atom. The van der Waals surface area contributed by atoms with Crippen LogP contribution in [0.1, 0.15) is 48.5 Å². The van der Waals surface area contributed by atoms with Gasteiger partial charge in [-0.2, -0.15) is 5.10 Å². The maximum Gasteiger partial charge on any atom is 0.338 e. The Bertz CT molecular complexity index is 872. The van der Waals surface area contributed by atoms with Crippen LogP contribution < -0.4 is 4.90 Å². The zero-order valence-corrected chi connectivity index (χ0v) is 18.5. The van der Waals surface area contributed by atoms with Gasteiger partial charge in [0.1, 0.15) is 0 Å². The molecule has 2 fully saturated rings. The highest BCUT2D eigenvalue weighted by Crippen LogP contribution is 2.35. The lowest BCUT2D eigenvalue weighted by Crippen LogP contribution is -2.47. The summed E-state index contributed by atoms with van der Waals surface area (Å²) in [4.78, 5) is 15.9. The molecule has 1 aromatic carbocycles. The predicted octanol–water partition coefficient (Wildman–Crippen LogP) is 4.83. The summed E-state index contributed by atoms with van der Waals surface area (Å²) >= 11 is 12.5. The average molecular weight is 451 g/mol. The van der Waals surface area contributed by atoms with Gasteiger partial charge in [0.15, 0.2) is 0 Å². The van der Waals surface area contributed by atoms with Gasteiger partial charge in [0, 0.05) is 32.4 Å². The fourth-order valence-electron chi connectivity index (χ4n) is 4.66. The van der Waals surface area contributed by atoms with E-state index in [1.165, 1.54) is 25.5 Å². The molecule has 8 heteroatoms. The third-order valence-electron chi connectivity index (χ3n) is 6.54. The first-order valence-electron chi connectivity index (χ1n) is 10.7. The van der Waals surface area contributed by atoms with E-state index in [0.717, 1.165) is 57.2 Å². The van der Waals surface area contributed by atoms with Crippen LogP contribution in [0, 0.1) is 5.92 Å². The normalized spacial score (nSPS) is 22.9. The highest BCUT2D eigenvalue weighted by Gasteiger charge is 2.25. The molecule has 1 saturated heterocycles. The summed E-state index contributed by atoms with van der Waals surface area (Å²) in [5, 5.41) is 14.6. The Morgan fingerprint density at radius 2 is 1.83 bits per heavy atom. The average Bonchev–Trinajstić information content (AvgIpc) is 3.26. The van der Waals surface area contributed by atoms with Crippen molar-refractivity contribution in [3.05, 3.63) is 46.2 Å². The third-order valence-corrected chi connectivity index (χ3v) is 7.35. The highest BCUT2D eigenvalue weighted by molar-refractivity contribution is 6.43. The molecule has 0 spiro atoms. The number of benzene rings is 1. The van der Waals surface area contributed by atoms with Crippen molar-refractivity contribution >= 4 is 34.9 Å². The minimum atomic E-state index is -0.910. The molecule has 1 aromatic heterocycles. The summed E-state index contributed by atoms with van der Waals surface area (Å²) in [6.45, 7) is 5.17. The molecule has 2 heterocycles. The molecular formula is C22H28Cl2N4O2. The molecule has 4 rings (SSSR count). The van der Waals surface area contributed by atoms with Crippen LogP contribution in [0.2, 0.25) is 10.0 Å². The molecule has 2 aromatic rings. The number of piperazine rings is 1. The van der Waals surface area contributed by atoms with Gasteiger partial charge in [-0.05, 0) is 56.7 Å². The molecule has 0 unspecified atom stereocenters. The van der Waals surface area contributed by atoms with Gasteiger partial charge in [-0.15, -0.1) is 0 Å². The summed E-state index contributed by atoms with van der Waals surface area (Å²) in [6, 6.07) is 6.16. The van der Waals surface area contributed by atoms with E-state index in [2.05, 4.69) is 14.9 Å². The molecular weight excluding hydrogens is 423 g/mol. The second-order valence-electron chi connectivity index (χ2n) is 8.38. The number of carboxylic acids is 1. The monoisotopic (exact) mass is 450 g/mol. The van der Waals surface area contributed by atoms with Crippen LogP contribution in [0.5, 0.6) is 0 Å². The van der Waals surface area contributed by atoms with Gasteiger partial charge in [0.05, 0.1) is 33.5 Å². The maximum atomic E-state index is 11.0. The molecule has 0 atom stereocenters. The van der Waals surface area contributed by atoms with Crippen molar-refractivity contribution < 1.29 is 9.90 Å². The van der Waals surface area contributed by atoms with Crippen molar-refractivity contribution in [2.45, 2.75) is 38.1 Å². The van der Waals surface area contributed by atoms with Gasteiger partial charge in [0.25, 0.3) is 0 Å². The van der Waals surface area contributed by atoms with Crippen LogP contribution >= 0.6 is 23.2 Å². The van der Waals surface area contributed by atoms with E-state index in [9.17, 15) is 4.79 Å². The van der Waals surface area contributed by atoms with Crippen LogP contribution in [0.25, 0.3) is 0 Å². The molecule has 6 nitrogen and oxygen atoms in total. The lowest BCUT2D eigenvalue weighted by Gasteiger charge is -2.37. The SMILES string of the molecule is O=C(O)c1cnn(C2CCC(CCN3CCN(c4cccc(Cl)c4Cl)CC3)CC2)c1. The van der Waals surface area contributed by atoms with Crippen LogP contribution in [-0.2, 0) is 0 Å². The first-order valence-corrected chi connectivity index (χ1v) is 11.5. The number of hydrogen-bond donors (Lipinski definition) is 1. The first kappa shape index (κ1) is 21.5. The quantitative estimate of drug-likeness (QED) is 0.682. The lowest BCUT2D eigenvalue weighted by atomic mass is 9.84. The molecule has 162 valence electrons. The Balaban J connectivity index is 1.19. The van der Waals surface area contributed by atoms with E-state index in [-0.39, 0.29) is 5.56 Å². The van der Waals surface area contributed by atoms with E-state index in [0.29, 0.717) is 16.1 Å². The largest absolute Gasteiger partial charge is 0.478 e. The number of nitrogens with zero attached hydrogens (tertiary/aromatic N) is 4. The van der Waals surface area contributed by atoms with Crippen molar-refractivity contribution in [3.8, 4) is 0 Å². The number of rotatable bonds is 6. The Hall–Kier alpha value is -1.76. The van der Waals surface area contributed by atoms with Crippen LogP contribution in [0.15, 0.2) is 30.6 Å². The Labute approximate surface area is 187 Å². The first-order chi connectivity index (χ1) is 14.5. The topological polar surface area (TPSA) is 61.6 Å². The fourth-order valence-corrected chi connectivity index (χ4v) is 5.08. The molecule has 30 heavy (non-hydrogen) atoms. The Morgan fingerprint density at radius 3 is 2.50 bits per heavy atom. The van der Waals surface area contributed by atoms with Crippen molar-refractivity contribution in [1.82, 2.24) is 14.7 Å². The number of aromatic nitrogens is 2. The summed E-state index contributed by atoms with van der Waals surface area (Å²) in [7, 11) is 0. The van der Waals surface area contributed by atoms with Gasteiger partial charge < -0.3 is 10.0 Å². The summed E-state index contributed by atoms with van der Waals surface area (Å²) in [6.07, 6.45) is 8.86. The van der Waals surface area contributed by atoms with E-state index < -0.39 is 5.97 Å². The number of aromatic carboxylic acids is 1. The Kier molecular flexibility index (Phi) is 6.86. The summed E-state index contributed by atoms with van der Waals surface area (Å²) in [5.41, 5.74) is 1.31. The molecule has 1 aliphatic heterocycles. The maximum absolute atomic E-state index is 11.0. The fraction of sp³-hybridized carbons (Fsp3) is 0.545. The van der Waals surface area contributed by atoms with Gasteiger partial charge in [-0.25, -0.2) is 4.79 Å². The predicted molar refractivity (Wildman–Crippen MR) is 120 cm³/mol. The lowest BCUT2D eigenvalue weighted by molar-refractivity contribution is 0.0696. The molecule has 2 aliphatic rings. The highest BCUT2D eigenvalue weighted by atomic mass is 35.5. The van der Waals surface area contributed by atoms with Gasteiger partial charge in [0.2, 0.25) is 0 Å². The van der Waals surface area contributed by atoms with E-state index in [1.54, 1.807) is 6.20 Å². The summed E-state index contributed by atoms with van der Waals surface area (Å²) < 4.78 is 1.85. The van der Waals surface area contributed by atoms with Crippen molar-refractivity contribution in [2.24, 2.45) is 5.92 Å². The van der Waals surface area contributed by atoms with Crippen LogP contribution in [-0.4, -0.2) is 58.5 Å².